The number of carbonyl (C=O) groups is 1. The molecule has 1 saturated carbocycles. The van der Waals surface area contributed by atoms with Crippen molar-refractivity contribution < 1.29 is 9.53 Å². The Labute approximate surface area is 142 Å². The molecule has 2 nitrogen and oxygen atoms in total. The van der Waals surface area contributed by atoms with E-state index < -0.39 is 0 Å². The quantitative estimate of drug-likeness (QED) is 0.594. The van der Waals surface area contributed by atoms with Crippen molar-refractivity contribution in [1.82, 2.24) is 0 Å². The van der Waals surface area contributed by atoms with E-state index in [-0.39, 0.29) is 17.3 Å². The summed E-state index contributed by atoms with van der Waals surface area (Å²) in [4.78, 5) is 12.8. The maximum atomic E-state index is 12.8. The Morgan fingerprint density at radius 2 is 1.76 bits per heavy atom. The summed E-state index contributed by atoms with van der Waals surface area (Å²) in [5, 5.41) is 0. The maximum absolute atomic E-state index is 12.8. The zero-order valence-electron chi connectivity index (χ0n) is 12.0. The van der Waals surface area contributed by atoms with E-state index in [0.29, 0.717) is 0 Å². The van der Waals surface area contributed by atoms with Crippen LogP contribution in [0.3, 0.4) is 0 Å². The summed E-state index contributed by atoms with van der Waals surface area (Å²) in [5.41, 5.74) is 0.786. The Morgan fingerprint density at radius 3 is 2.43 bits per heavy atom. The van der Waals surface area contributed by atoms with Crippen LogP contribution in [0.15, 0.2) is 27.1 Å². The average Bonchev–Trinajstić information content (AvgIpc) is 2.46. The van der Waals surface area contributed by atoms with Gasteiger partial charge in [0.15, 0.2) is 5.78 Å². The van der Waals surface area contributed by atoms with E-state index in [2.05, 4.69) is 31.9 Å². The Hall–Kier alpha value is -0.190. The lowest BCUT2D eigenvalue weighted by atomic mass is 9.74. The van der Waals surface area contributed by atoms with Crippen molar-refractivity contribution in [2.24, 2.45) is 5.92 Å². The van der Waals surface area contributed by atoms with Gasteiger partial charge in [-0.2, -0.15) is 0 Å². The van der Waals surface area contributed by atoms with Gasteiger partial charge in [-0.05, 0) is 43.9 Å². The molecule has 4 heteroatoms. The smallest absolute Gasteiger partial charge is 0.166 e. The molecule has 2 aliphatic rings. The third-order valence-corrected chi connectivity index (χ3v) is 5.69. The first kappa shape index (κ1) is 15.7. The van der Waals surface area contributed by atoms with Crippen LogP contribution in [0.5, 0.6) is 0 Å². The molecule has 1 aromatic carbocycles. The predicted molar refractivity (Wildman–Crippen MR) is 90.7 cm³/mol. The molecule has 21 heavy (non-hydrogen) atoms. The molecule has 1 saturated heterocycles. The minimum Gasteiger partial charge on any atom is -0.375 e. The van der Waals surface area contributed by atoms with E-state index in [1.165, 1.54) is 19.3 Å². The molecule has 0 N–H and O–H groups in total. The third kappa shape index (κ3) is 3.59. The highest BCUT2D eigenvalue weighted by Crippen LogP contribution is 2.41. The van der Waals surface area contributed by atoms with Gasteiger partial charge in [0.25, 0.3) is 0 Å². The van der Waals surface area contributed by atoms with Crippen molar-refractivity contribution in [3.05, 3.63) is 32.7 Å². The van der Waals surface area contributed by atoms with Crippen LogP contribution in [0.2, 0.25) is 0 Å². The maximum Gasteiger partial charge on any atom is 0.166 e. The predicted octanol–water partition coefficient (Wildman–Crippen LogP) is 5.52. The van der Waals surface area contributed by atoms with E-state index in [1.807, 2.05) is 18.2 Å². The summed E-state index contributed by atoms with van der Waals surface area (Å²) in [6.07, 6.45) is 7.79. The fraction of sp³-hybridized carbons (Fsp3) is 0.588. The number of hydrogen-bond acceptors (Lipinski definition) is 2. The molecule has 114 valence electrons. The number of ketones is 1. The summed E-state index contributed by atoms with van der Waals surface area (Å²) in [6, 6.07) is 5.82. The van der Waals surface area contributed by atoms with Crippen LogP contribution in [-0.2, 0) is 4.74 Å². The molecule has 2 fully saturated rings. The van der Waals surface area contributed by atoms with Crippen LogP contribution in [0, 0.1) is 5.92 Å². The first-order valence-electron chi connectivity index (χ1n) is 7.72. The number of ether oxygens (including phenoxy) is 1. The molecule has 1 heterocycles. The highest BCUT2D eigenvalue weighted by Gasteiger charge is 2.40. The van der Waals surface area contributed by atoms with Gasteiger partial charge in [0.05, 0.1) is 5.60 Å². The van der Waals surface area contributed by atoms with Crippen LogP contribution in [-0.4, -0.2) is 18.0 Å². The standard InChI is InChI=1S/C17H20Br2O2/c18-14-8-13(9-15(19)10-14)16(20)12-4-7-21-17(11-12)5-2-1-3-6-17/h8-10,12H,1-7,11H2. The minimum absolute atomic E-state index is 0.0138. The largest absolute Gasteiger partial charge is 0.375 e. The number of carbonyl (C=O) groups excluding carboxylic acids is 1. The Morgan fingerprint density at radius 1 is 1.10 bits per heavy atom. The second kappa shape index (κ2) is 6.51. The lowest BCUT2D eigenvalue weighted by molar-refractivity contribution is -0.111. The van der Waals surface area contributed by atoms with Gasteiger partial charge in [-0.15, -0.1) is 0 Å². The molecule has 0 aromatic heterocycles. The monoisotopic (exact) mass is 414 g/mol. The van der Waals surface area contributed by atoms with Crippen molar-refractivity contribution in [1.29, 1.82) is 0 Å². The number of rotatable bonds is 2. The van der Waals surface area contributed by atoms with Crippen molar-refractivity contribution >= 4 is 37.6 Å². The molecule has 1 aromatic rings. The minimum atomic E-state index is -0.0138. The molecule has 1 aliphatic carbocycles. The molecular formula is C17H20Br2O2. The lowest BCUT2D eigenvalue weighted by Crippen LogP contribution is -2.43. The summed E-state index contributed by atoms with van der Waals surface area (Å²) < 4.78 is 7.99. The third-order valence-electron chi connectivity index (χ3n) is 4.78. The molecule has 1 unspecified atom stereocenters. The van der Waals surface area contributed by atoms with Crippen molar-refractivity contribution in [2.45, 2.75) is 50.5 Å². The fourth-order valence-electron chi connectivity index (χ4n) is 3.73. The number of hydrogen-bond donors (Lipinski definition) is 0. The molecular weight excluding hydrogens is 396 g/mol. The van der Waals surface area contributed by atoms with Gasteiger partial charge in [-0.1, -0.05) is 51.1 Å². The number of halogens is 2. The summed E-state index contributed by atoms with van der Waals surface area (Å²) in [7, 11) is 0. The second-order valence-electron chi connectivity index (χ2n) is 6.30. The van der Waals surface area contributed by atoms with Crippen molar-refractivity contribution in [3.63, 3.8) is 0 Å². The first-order valence-corrected chi connectivity index (χ1v) is 9.31. The topological polar surface area (TPSA) is 26.3 Å². The molecule has 3 rings (SSSR count). The number of benzene rings is 1. The highest BCUT2D eigenvalue weighted by molar-refractivity contribution is 9.11. The second-order valence-corrected chi connectivity index (χ2v) is 8.14. The Balaban J connectivity index is 1.77. The highest BCUT2D eigenvalue weighted by atomic mass is 79.9. The number of Topliss-reactive ketones (excluding diaryl/α,β-unsaturated/α-hetero) is 1. The van der Waals surface area contributed by atoms with Crippen molar-refractivity contribution in [3.8, 4) is 0 Å². The normalized spacial score (nSPS) is 25.0. The van der Waals surface area contributed by atoms with Crippen molar-refractivity contribution in [2.75, 3.05) is 6.61 Å². The molecule has 1 atom stereocenters. The zero-order chi connectivity index (χ0) is 14.9. The van der Waals surface area contributed by atoms with E-state index in [1.54, 1.807) is 0 Å². The summed E-state index contributed by atoms with van der Waals surface area (Å²) in [5.74, 6) is 0.378. The van der Waals surface area contributed by atoms with E-state index in [4.69, 9.17) is 4.74 Å². The van der Waals surface area contributed by atoms with E-state index in [9.17, 15) is 4.79 Å². The molecule has 1 spiro atoms. The van der Waals surface area contributed by atoms with Gasteiger partial charge < -0.3 is 4.74 Å². The average molecular weight is 416 g/mol. The van der Waals surface area contributed by atoms with Crippen LogP contribution in [0.4, 0.5) is 0 Å². The van der Waals surface area contributed by atoms with Gasteiger partial charge in [0.2, 0.25) is 0 Å². The van der Waals surface area contributed by atoms with Gasteiger partial charge >= 0.3 is 0 Å². The zero-order valence-corrected chi connectivity index (χ0v) is 15.2. The van der Waals surface area contributed by atoms with Gasteiger partial charge in [0, 0.05) is 27.0 Å². The van der Waals surface area contributed by atoms with Crippen LogP contribution < -0.4 is 0 Å². The van der Waals surface area contributed by atoms with E-state index >= 15 is 0 Å². The summed E-state index contributed by atoms with van der Waals surface area (Å²) in [6.45, 7) is 0.728. The Kier molecular flexibility index (Phi) is 4.87. The van der Waals surface area contributed by atoms with Crippen LogP contribution in [0.25, 0.3) is 0 Å². The fourth-order valence-corrected chi connectivity index (χ4v) is 5.02. The molecule has 0 amide bonds. The van der Waals surface area contributed by atoms with Gasteiger partial charge in [0.1, 0.15) is 0 Å². The molecule has 0 radical (unpaired) electrons. The first-order chi connectivity index (χ1) is 10.1. The van der Waals surface area contributed by atoms with E-state index in [0.717, 1.165) is 46.8 Å². The SMILES string of the molecule is O=C(c1cc(Br)cc(Br)c1)C1CCOC2(CCCCC2)C1. The Bertz CT molecular complexity index is 510. The van der Waals surface area contributed by atoms with Crippen LogP contribution >= 0.6 is 31.9 Å². The lowest BCUT2D eigenvalue weighted by Gasteiger charge is -2.43. The molecule has 1 aliphatic heterocycles. The van der Waals surface area contributed by atoms with Gasteiger partial charge in [-0.25, -0.2) is 0 Å². The van der Waals surface area contributed by atoms with Gasteiger partial charge in [-0.3, -0.25) is 4.79 Å². The summed E-state index contributed by atoms with van der Waals surface area (Å²) >= 11 is 6.94. The van der Waals surface area contributed by atoms with Crippen LogP contribution in [0.1, 0.15) is 55.3 Å². The molecule has 0 bridgehead atoms.